The van der Waals surface area contributed by atoms with Gasteiger partial charge in [0.1, 0.15) is 6.04 Å². The summed E-state index contributed by atoms with van der Waals surface area (Å²) in [6.45, 7) is 0.595. The van der Waals surface area contributed by atoms with Gasteiger partial charge in [-0.3, -0.25) is 10.1 Å². The summed E-state index contributed by atoms with van der Waals surface area (Å²) < 4.78 is 4.99. The lowest BCUT2D eigenvalue weighted by Gasteiger charge is -2.18. The van der Waals surface area contributed by atoms with Gasteiger partial charge in [-0.2, -0.15) is 0 Å². The van der Waals surface area contributed by atoms with Gasteiger partial charge in [-0.05, 0) is 28.7 Å². The third kappa shape index (κ3) is 4.58. The van der Waals surface area contributed by atoms with Crippen LogP contribution in [-0.2, 0) is 22.5 Å². The highest BCUT2D eigenvalue weighted by molar-refractivity contribution is 5.76. The lowest BCUT2D eigenvalue weighted by atomic mass is 9.99. The Balaban J connectivity index is 1.76. The smallest absolute Gasteiger partial charge is 0.323 e. The molecule has 132 valence electrons. The van der Waals surface area contributed by atoms with Gasteiger partial charge in [-0.1, -0.05) is 84.9 Å². The molecule has 3 heteroatoms. The Morgan fingerprint density at radius 2 is 1.50 bits per heavy atom. The van der Waals surface area contributed by atoms with E-state index in [-0.39, 0.29) is 12.0 Å². The van der Waals surface area contributed by atoms with Crippen molar-refractivity contribution < 1.29 is 9.53 Å². The van der Waals surface area contributed by atoms with Crippen LogP contribution in [0.2, 0.25) is 0 Å². The van der Waals surface area contributed by atoms with Crippen molar-refractivity contribution >= 4 is 5.97 Å². The molecule has 0 aliphatic rings. The van der Waals surface area contributed by atoms with Gasteiger partial charge in [-0.25, -0.2) is 0 Å². The van der Waals surface area contributed by atoms with Gasteiger partial charge in [0.15, 0.2) is 0 Å². The van der Waals surface area contributed by atoms with Crippen molar-refractivity contribution in [3.63, 3.8) is 0 Å². The summed E-state index contributed by atoms with van der Waals surface area (Å²) in [5, 5.41) is 3.37. The minimum atomic E-state index is -0.383. The van der Waals surface area contributed by atoms with Gasteiger partial charge in [0.05, 0.1) is 7.11 Å². The second-order valence-electron chi connectivity index (χ2n) is 6.17. The molecule has 0 saturated heterocycles. The first-order chi connectivity index (χ1) is 12.8. The molecule has 1 atom stereocenters. The molecule has 3 aromatic carbocycles. The zero-order valence-corrected chi connectivity index (χ0v) is 14.9. The summed E-state index contributed by atoms with van der Waals surface area (Å²) in [7, 11) is 1.43. The van der Waals surface area contributed by atoms with Crippen LogP contribution in [0.25, 0.3) is 11.1 Å². The molecule has 0 bridgehead atoms. The van der Waals surface area contributed by atoms with Crippen molar-refractivity contribution in [1.82, 2.24) is 5.32 Å². The molecule has 0 radical (unpaired) electrons. The molecule has 0 unspecified atom stereocenters. The zero-order valence-electron chi connectivity index (χ0n) is 14.9. The van der Waals surface area contributed by atoms with Crippen molar-refractivity contribution in [2.24, 2.45) is 0 Å². The van der Waals surface area contributed by atoms with Crippen molar-refractivity contribution in [1.29, 1.82) is 0 Å². The monoisotopic (exact) mass is 345 g/mol. The molecule has 0 spiro atoms. The first kappa shape index (κ1) is 17.9. The third-order valence-corrected chi connectivity index (χ3v) is 4.41. The Hall–Kier alpha value is -2.91. The van der Waals surface area contributed by atoms with E-state index in [1.807, 2.05) is 60.7 Å². The first-order valence-electron chi connectivity index (χ1n) is 8.76. The molecule has 0 amide bonds. The fourth-order valence-electron chi connectivity index (χ4n) is 3.04. The number of methoxy groups -OCH3 is 1. The summed E-state index contributed by atoms with van der Waals surface area (Å²) >= 11 is 0. The molecule has 26 heavy (non-hydrogen) atoms. The molecule has 3 nitrogen and oxygen atoms in total. The molecule has 0 fully saturated rings. The minimum Gasteiger partial charge on any atom is -0.468 e. The van der Waals surface area contributed by atoms with E-state index in [0.717, 1.165) is 11.1 Å². The van der Waals surface area contributed by atoms with Crippen LogP contribution in [0.5, 0.6) is 0 Å². The number of carbonyl (C=O) groups excluding carboxylic acids is 1. The maximum atomic E-state index is 12.2. The molecule has 3 rings (SSSR count). The highest BCUT2D eigenvalue weighted by Gasteiger charge is 2.19. The Labute approximate surface area is 154 Å². The Bertz CT molecular complexity index is 831. The standard InChI is InChI=1S/C23H23NO2/c1-26-23(25)22(16-18-10-4-2-5-11-18)24-17-20-14-8-9-15-21(20)19-12-6-3-7-13-19/h2-15,22,24H,16-17H2,1H3/t22-/m0/s1. The maximum Gasteiger partial charge on any atom is 0.323 e. The molecule has 0 heterocycles. The van der Waals surface area contributed by atoms with Gasteiger partial charge in [0.2, 0.25) is 0 Å². The first-order valence-corrected chi connectivity index (χ1v) is 8.76. The quantitative estimate of drug-likeness (QED) is 0.651. The van der Waals surface area contributed by atoms with E-state index in [9.17, 15) is 4.79 Å². The average Bonchev–Trinajstić information content (AvgIpc) is 2.72. The Kier molecular flexibility index (Phi) is 6.18. The van der Waals surface area contributed by atoms with Crippen LogP contribution in [0.1, 0.15) is 11.1 Å². The van der Waals surface area contributed by atoms with E-state index in [2.05, 4.69) is 29.6 Å². The topological polar surface area (TPSA) is 38.3 Å². The lowest BCUT2D eigenvalue weighted by molar-refractivity contribution is -0.143. The molecule has 1 N–H and O–H groups in total. The third-order valence-electron chi connectivity index (χ3n) is 4.41. The normalized spacial score (nSPS) is 11.7. The maximum absolute atomic E-state index is 12.2. The van der Waals surface area contributed by atoms with Crippen molar-refractivity contribution in [3.05, 3.63) is 96.1 Å². The van der Waals surface area contributed by atoms with Crippen LogP contribution in [0, 0.1) is 0 Å². The van der Waals surface area contributed by atoms with Crippen LogP contribution in [0.15, 0.2) is 84.9 Å². The van der Waals surface area contributed by atoms with E-state index in [1.165, 1.54) is 18.2 Å². The van der Waals surface area contributed by atoms with Crippen molar-refractivity contribution in [3.8, 4) is 11.1 Å². The number of nitrogens with one attached hydrogen (secondary N) is 1. The highest BCUT2D eigenvalue weighted by Crippen LogP contribution is 2.23. The van der Waals surface area contributed by atoms with Gasteiger partial charge >= 0.3 is 5.97 Å². The van der Waals surface area contributed by atoms with E-state index in [1.54, 1.807) is 0 Å². The summed E-state index contributed by atoms with van der Waals surface area (Å²) in [4.78, 5) is 12.2. The SMILES string of the molecule is COC(=O)[C@H](Cc1ccccc1)NCc1ccccc1-c1ccccc1. The predicted octanol–water partition coefficient (Wildman–Crippen LogP) is 4.23. The molecule has 0 aliphatic carbocycles. The molecule has 0 aromatic heterocycles. The zero-order chi connectivity index (χ0) is 18.2. The summed E-state index contributed by atoms with van der Waals surface area (Å²) in [5.41, 5.74) is 4.60. The fraction of sp³-hybridized carbons (Fsp3) is 0.174. The second-order valence-corrected chi connectivity index (χ2v) is 6.17. The summed E-state index contributed by atoms with van der Waals surface area (Å²) in [5.74, 6) is -0.244. The van der Waals surface area contributed by atoms with Gasteiger partial charge in [0.25, 0.3) is 0 Å². The lowest BCUT2D eigenvalue weighted by Crippen LogP contribution is -2.39. The average molecular weight is 345 g/mol. The molecular formula is C23H23NO2. The molecule has 3 aromatic rings. The highest BCUT2D eigenvalue weighted by atomic mass is 16.5. The number of hydrogen-bond donors (Lipinski definition) is 1. The van der Waals surface area contributed by atoms with Crippen molar-refractivity contribution in [2.75, 3.05) is 7.11 Å². The number of benzene rings is 3. The summed E-state index contributed by atoms with van der Waals surface area (Å²) in [6, 6.07) is 28.1. The van der Waals surface area contributed by atoms with E-state index >= 15 is 0 Å². The van der Waals surface area contributed by atoms with E-state index < -0.39 is 0 Å². The van der Waals surface area contributed by atoms with Crippen LogP contribution in [0.4, 0.5) is 0 Å². The number of esters is 1. The molecule has 0 aliphatic heterocycles. The molecule has 0 saturated carbocycles. The Morgan fingerprint density at radius 1 is 0.885 bits per heavy atom. The molecular weight excluding hydrogens is 322 g/mol. The van der Waals surface area contributed by atoms with Gasteiger partial charge < -0.3 is 4.74 Å². The van der Waals surface area contributed by atoms with Crippen LogP contribution >= 0.6 is 0 Å². The van der Waals surface area contributed by atoms with Gasteiger partial charge in [-0.15, -0.1) is 0 Å². The minimum absolute atomic E-state index is 0.244. The Morgan fingerprint density at radius 3 is 2.19 bits per heavy atom. The summed E-state index contributed by atoms with van der Waals surface area (Å²) in [6.07, 6.45) is 0.598. The number of ether oxygens (including phenoxy) is 1. The van der Waals surface area contributed by atoms with E-state index in [0.29, 0.717) is 13.0 Å². The van der Waals surface area contributed by atoms with Crippen LogP contribution in [-0.4, -0.2) is 19.1 Å². The van der Waals surface area contributed by atoms with E-state index in [4.69, 9.17) is 4.74 Å². The predicted molar refractivity (Wildman–Crippen MR) is 105 cm³/mol. The number of carbonyl (C=O) groups is 1. The van der Waals surface area contributed by atoms with Gasteiger partial charge in [0, 0.05) is 6.54 Å². The largest absolute Gasteiger partial charge is 0.468 e. The second kappa shape index (κ2) is 8.97. The van der Waals surface area contributed by atoms with Crippen LogP contribution < -0.4 is 5.32 Å². The van der Waals surface area contributed by atoms with Crippen LogP contribution in [0.3, 0.4) is 0 Å². The van der Waals surface area contributed by atoms with Crippen molar-refractivity contribution in [2.45, 2.75) is 19.0 Å². The number of rotatable bonds is 7. The number of hydrogen-bond acceptors (Lipinski definition) is 3. The fourth-order valence-corrected chi connectivity index (χ4v) is 3.04.